The van der Waals surface area contributed by atoms with E-state index in [1.165, 1.54) is 154 Å². The molecule has 3 unspecified atom stereocenters. The van der Waals surface area contributed by atoms with Gasteiger partial charge in [-0.1, -0.05) is 187 Å². The van der Waals surface area contributed by atoms with Crippen molar-refractivity contribution in [1.82, 2.24) is 0 Å². The van der Waals surface area contributed by atoms with Gasteiger partial charge in [-0.05, 0) is 12.8 Å². The van der Waals surface area contributed by atoms with Gasteiger partial charge in [-0.25, -0.2) is 4.57 Å². The average molecular weight is 737 g/mol. The minimum absolute atomic E-state index is 0.0572. The lowest BCUT2D eigenvalue weighted by molar-refractivity contribution is -0.154. The van der Waals surface area contributed by atoms with Crippen molar-refractivity contribution in [3.63, 3.8) is 0 Å². The third-order valence-electron chi connectivity index (χ3n) is 9.29. The van der Waals surface area contributed by atoms with Gasteiger partial charge >= 0.3 is 13.8 Å². The van der Waals surface area contributed by atoms with Gasteiger partial charge in [0.15, 0.2) is 0 Å². The van der Waals surface area contributed by atoms with Crippen molar-refractivity contribution in [3.05, 3.63) is 0 Å². The number of unbranched alkanes of at least 4 members (excludes halogenated alkanes) is 27. The number of aliphatic hydroxyl groups excluding tert-OH is 2. The molecule has 0 aromatic rings. The number of aliphatic hydroxyl groups is 2. The van der Waals surface area contributed by atoms with Crippen molar-refractivity contribution >= 4 is 13.8 Å². The highest BCUT2D eigenvalue weighted by molar-refractivity contribution is 7.47. The molecule has 50 heavy (non-hydrogen) atoms. The van der Waals surface area contributed by atoms with Gasteiger partial charge in [0.05, 0.1) is 26.4 Å². The molecule has 0 fully saturated rings. The number of phosphoric acid groups is 1. The van der Waals surface area contributed by atoms with Crippen LogP contribution in [-0.4, -0.2) is 66.3 Å². The van der Waals surface area contributed by atoms with Crippen LogP contribution in [0.25, 0.3) is 0 Å². The molecule has 0 aromatic heterocycles. The second-order valence-electron chi connectivity index (χ2n) is 14.4. The number of carbonyl (C=O) groups is 1. The van der Waals surface area contributed by atoms with E-state index in [0.29, 0.717) is 6.61 Å². The van der Waals surface area contributed by atoms with Crippen molar-refractivity contribution in [2.45, 2.75) is 219 Å². The van der Waals surface area contributed by atoms with Crippen LogP contribution < -0.4 is 0 Å². The predicted octanol–water partition coefficient (Wildman–Crippen LogP) is 11.1. The molecular weight excluding hydrogens is 655 g/mol. The molecule has 0 aliphatic heterocycles. The zero-order valence-electron chi connectivity index (χ0n) is 32.6. The topological polar surface area (TPSA) is 132 Å². The van der Waals surface area contributed by atoms with Crippen LogP contribution in [0.3, 0.4) is 0 Å². The van der Waals surface area contributed by atoms with Crippen molar-refractivity contribution in [3.8, 4) is 0 Å². The molecule has 0 aliphatic carbocycles. The minimum Gasteiger partial charge on any atom is -0.457 e. The van der Waals surface area contributed by atoms with E-state index in [9.17, 15) is 19.4 Å². The van der Waals surface area contributed by atoms with Gasteiger partial charge in [0.1, 0.15) is 12.2 Å². The van der Waals surface area contributed by atoms with Gasteiger partial charge in [-0.15, -0.1) is 0 Å². The Morgan fingerprint density at radius 3 is 1.30 bits per heavy atom. The lowest BCUT2D eigenvalue weighted by Gasteiger charge is -2.20. The molecular formula is C40H81O9P. The second-order valence-corrected chi connectivity index (χ2v) is 15.8. The summed E-state index contributed by atoms with van der Waals surface area (Å²) in [6, 6.07) is 0. The summed E-state index contributed by atoms with van der Waals surface area (Å²) in [6.45, 7) is 3.53. The summed E-state index contributed by atoms with van der Waals surface area (Å²) in [5, 5.41) is 18.3. The fraction of sp³-hybridized carbons (Fsp3) is 0.975. The molecule has 0 radical (unpaired) electrons. The summed E-state index contributed by atoms with van der Waals surface area (Å²) in [6.07, 6.45) is 35.1. The van der Waals surface area contributed by atoms with Gasteiger partial charge in [0.2, 0.25) is 0 Å². The Labute approximate surface area is 308 Å². The number of hydrogen-bond donors (Lipinski definition) is 3. The third kappa shape index (κ3) is 37.2. The number of hydrogen-bond acceptors (Lipinski definition) is 8. The Bertz CT molecular complexity index is 754. The van der Waals surface area contributed by atoms with E-state index in [1.807, 2.05) is 0 Å². The van der Waals surface area contributed by atoms with Crippen molar-refractivity contribution in [2.75, 3.05) is 33.0 Å². The van der Waals surface area contributed by atoms with Gasteiger partial charge < -0.3 is 24.6 Å². The summed E-state index contributed by atoms with van der Waals surface area (Å²) in [4.78, 5) is 22.4. The van der Waals surface area contributed by atoms with E-state index in [1.54, 1.807) is 0 Å². The second kappa shape index (κ2) is 38.2. The molecule has 0 amide bonds. The monoisotopic (exact) mass is 737 g/mol. The molecule has 0 saturated heterocycles. The van der Waals surface area contributed by atoms with Crippen molar-refractivity contribution < 1.29 is 43.0 Å². The molecule has 0 rings (SSSR count). The van der Waals surface area contributed by atoms with Crippen LogP contribution >= 0.6 is 7.82 Å². The Morgan fingerprint density at radius 1 is 0.540 bits per heavy atom. The summed E-state index contributed by atoms with van der Waals surface area (Å²) in [5.41, 5.74) is 0. The van der Waals surface area contributed by atoms with E-state index in [2.05, 4.69) is 13.8 Å². The molecule has 9 nitrogen and oxygen atoms in total. The maximum Gasteiger partial charge on any atom is 0.472 e. The third-order valence-corrected chi connectivity index (χ3v) is 10.2. The van der Waals surface area contributed by atoms with Gasteiger partial charge in [0, 0.05) is 13.0 Å². The molecule has 10 heteroatoms. The average Bonchev–Trinajstić information content (AvgIpc) is 3.10. The standard InChI is InChI=1S/C40H81O9P/c1-3-5-7-9-11-13-14-15-16-17-18-19-20-21-22-23-24-25-27-29-31-33-46-36-39(37-48-50(44,45)47-35-38(42)34-41)49-40(43)32-30-28-26-12-10-8-6-4-2/h38-39,41-42H,3-37H2,1-2H3,(H,44,45). The summed E-state index contributed by atoms with van der Waals surface area (Å²) in [5.74, 6) is -0.383. The van der Waals surface area contributed by atoms with Crippen LogP contribution in [0.2, 0.25) is 0 Å². The van der Waals surface area contributed by atoms with Gasteiger partial charge in [-0.3, -0.25) is 13.8 Å². The first kappa shape index (κ1) is 49.5. The van der Waals surface area contributed by atoms with E-state index in [4.69, 9.17) is 23.6 Å². The quantitative estimate of drug-likeness (QED) is 0.0319. The highest BCUT2D eigenvalue weighted by Crippen LogP contribution is 2.43. The molecule has 0 aliphatic rings. The number of esters is 1. The number of phosphoric ester groups is 1. The van der Waals surface area contributed by atoms with E-state index in [-0.39, 0.29) is 25.6 Å². The van der Waals surface area contributed by atoms with Crippen LogP contribution in [0.5, 0.6) is 0 Å². The lowest BCUT2D eigenvalue weighted by atomic mass is 10.0. The zero-order chi connectivity index (χ0) is 36.8. The first-order valence-electron chi connectivity index (χ1n) is 21.0. The zero-order valence-corrected chi connectivity index (χ0v) is 33.5. The molecule has 0 saturated carbocycles. The first-order valence-corrected chi connectivity index (χ1v) is 22.5. The summed E-state index contributed by atoms with van der Waals surface area (Å²) >= 11 is 0. The maximum absolute atomic E-state index is 12.5. The molecule has 300 valence electrons. The molecule has 0 aromatic carbocycles. The fourth-order valence-corrected chi connectivity index (χ4v) is 6.85. The number of carbonyl (C=O) groups excluding carboxylic acids is 1. The van der Waals surface area contributed by atoms with E-state index >= 15 is 0 Å². The maximum atomic E-state index is 12.5. The Kier molecular flexibility index (Phi) is 37.8. The minimum atomic E-state index is -4.50. The number of rotatable bonds is 41. The SMILES string of the molecule is CCCCCCCCCCCCCCCCCCCCCCCOCC(COP(=O)(O)OCC(O)CO)OC(=O)CCCCCCCCCC. The molecule has 3 N–H and O–H groups in total. The first-order chi connectivity index (χ1) is 24.3. The Morgan fingerprint density at radius 2 is 0.900 bits per heavy atom. The number of ether oxygens (including phenoxy) is 2. The summed E-state index contributed by atoms with van der Waals surface area (Å²) < 4.78 is 33.2. The van der Waals surface area contributed by atoms with Crippen molar-refractivity contribution in [1.29, 1.82) is 0 Å². The van der Waals surface area contributed by atoms with E-state index < -0.39 is 33.2 Å². The smallest absolute Gasteiger partial charge is 0.457 e. The Hall–Kier alpha value is -0.540. The molecule has 0 spiro atoms. The Balaban J connectivity index is 3.97. The summed E-state index contributed by atoms with van der Waals surface area (Å²) in [7, 11) is -4.50. The lowest BCUT2D eigenvalue weighted by Crippen LogP contribution is -2.29. The van der Waals surface area contributed by atoms with Crippen molar-refractivity contribution in [2.24, 2.45) is 0 Å². The fourth-order valence-electron chi connectivity index (χ4n) is 6.06. The van der Waals surface area contributed by atoms with Crippen LogP contribution in [0.1, 0.15) is 206 Å². The normalized spacial score (nSPS) is 14.1. The molecule has 0 heterocycles. The van der Waals surface area contributed by atoms with Crippen LogP contribution in [0.15, 0.2) is 0 Å². The largest absolute Gasteiger partial charge is 0.472 e. The van der Waals surface area contributed by atoms with E-state index in [0.717, 1.165) is 32.1 Å². The highest BCUT2D eigenvalue weighted by atomic mass is 31.2. The molecule has 0 bridgehead atoms. The molecule has 3 atom stereocenters. The van der Waals surface area contributed by atoms with Gasteiger partial charge in [-0.2, -0.15) is 0 Å². The van der Waals surface area contributed by atoms with Crippen LogP contribution in [0, 0.1) is 0 Å². The van der Waals surface area contributed by atoms with Crippen LogP contribution in [-0.2, 0) is 27.9 Å². The predicted molar refractivity (Wildman–Crippen MR) is 205 cm³/mol. The highest BCUT2D eigenvalue weighted by Gasteiger charge is 2.26. The van der Waals surface area contributed by atoms with Crippen LogP contribution in [0.4, 0.5) is 0 Å². The van der Waals surface area contributed by atoms with Gasteiger partial charge in [0.25, 0.3) is 0 Å².